The molecule has 12 nitrogen and oxygen atoms in total. The van der Waals surface area contributed by atoms with Crippen LogP contribution >= 0.6 is 23.2 Å². The number of carbonyl (C=O) groups is 1. The zero-order valence-corrected chi connectivity index (χ0v) is 35.6. The van der Waals surface area contributed by atoms with Crippen LogP contribution in [0.25, 0.3) is 16.6 Å². The van der Waals surface area contributed by atoms with Crippen molar-refractivity contribution in [2.45, 2.75) is 75.8 Å². The number of ether oxygens (including phenoxy) is 1. The van der Waals surface area contributed by atoms with Gasteiger partial charge in [0.05, 0.1) is 22.4 Å². The van der Waals surface area contributed by atoms with E-state index in [1.54, 1.807) is 36.7 Å². The number of aromatic amines is 1. The predicted molar refractivity (Wildman–Crippen MR) is 235 cm³/mol. The molecule has 15 heteroatoms. The molecule has 2 aromatic heterocycles. The SMILES string of the molecule is CC1(C)CCC(CNCCNc2ccc(C(=O)NS(=O)(=O)c3cnc(NC4CCN(C5CC5)CC4)c(Cl)c3)c(Oc3cccc4[nH]cnc34)c2)=C(c2ccc(Cl)cc2)C1. The average molecular weight is 858 g/mol. The van der Waals surface area contributed by atoms with Crippen LogP contribution in [0.2, 0.25) is 10.0 Å². The zero-order valence-electron chi connectivity index (χ0n) is 33.3. The molecule has 3 aliphatic rings. The highest BCUT2D eigenvalue weighted by Crippen LogP contribution is 2.43. The molecule has 310 valence electrons. The molecule has 0 atom stereocenters. The molecule has 5 aromatic rings. The monoisotopic (exact) mass is 856 g/mol. The Morgan fingerprint density at radius 2 is 1.76 bits per heavy atom. The molecule has 3 heterocycles. The molecule has 1 saturated carbocycles. The molecule has 0 spiro atoms. The summed E-state index contributed by atoms with van der Waals surface area (Å²) in [4.78, 5) is 27.9. The molecule has 2 fully saturated rings. The van der Waals surface area contributed by atoms with Gasteiger partial charge in [-0.2, -0.15) is 0 Å². The molecule has 59 heavy (non-hydrogen) atoms. The number of para-hydroxylation sites is 1. The first-order valence-corrected chi connectivity index (χ1v) is 22.5. The summed E-state index contributed by atoms with van der Waals surface area (Å²) in [7, 11) is -4.36. The van der Waals surface area contributed by atoms with Crippen LogP contribution in [0, 0.1) is 5.41 Å². The van der Waals surface area contributed by atoms with Gasteiger partial charge in [-0.1, -0.05) is 60.8 Å². The number of rotatable bonds is 15. The molecule has 8 rings (SSSR count). The first-order chi connectivity index (χ1) is 28.4. The lowest BCUT2D eigenvalue weighted by atomic mass is 9.72. The number of nitrogens with one attached hydrogen (secondary N) is 5. The molecule has 0 unspecified atom stereocenters. The summed E-state index contributed by atoms with van der Waals surface area (Å²) in [6.45, 7) is 8.70. The number of halogens is 2. The number of likely N-dealkylation sites (tertiary alicyclic amines) is 1. The van der Waals surface area contributed by atoms with Crippen LogP contribution in [0.15, 0.2) is 89.7 Å². The minimum atomic E-state index is -4.36. The van der Waals surface area contributed by atoms with E-state index >= 15 is 0 Å². The third kappa shape index (κ3) is 10.0. The number of imidazole rings is 1. The fraction of sp³-hybridized carbons (Fsp3) is 0.386. The standard InChI is InChI=1S/C44H50Cl2N8O4S/c1-44(2)17-14-29(36(24-44)28-6-8-30(45)9-7-28)25-47-18-19-48-32-10-13-35(40(22-32)58-39-5-3-4-38-41(39)51-27-50-38)43(55)53-59(56,57)34-23-37(46)42(49-26-34)52-31-15-20-54(21-16-31)33-11-12-33/h3-10,13,22-23,26-27,31,33,47-48H,11-12,14-21,24-25H2,1-2H3,(H,49,52)(H,50,51)(H,53,55). The number of aromatic nitrogens is 3. The Balaban J connectivity index is 0.940. The zero-order chi connectivity index (χ0) is 41.1. The molecular formula is C44H50Cl2N8O4S. The number of sulfonamides is 1. The van der Waals surface area contributed by atoms with Gasteiger partial charge in [-0.3, -0.25) is 4.79 Å². The number of carbonyl (C=O) groups excluding carboxylic acids is 1. The smallest absolute Gasteiger partial charge is 0.268 e. The number of benzene rings is 3. The fourth-order valence-corrected chi connectivity index (χ4v) is 9.36. The molecule has 0 radical (unpaired) electrons. The molecule has 2 aliphatic carbocycles. The van der Waals surface area contributed by atoms with Gasteiger partial charge in [0.2, 0.25) is 0 Å². The van der Waals surface area contributed by atoms with Gasteiger partial charge in [-0.25, -0.2) is 23.1 Å². The van der Waals surface area contributed by atoms with Gasteiger partial charge in [0.15, 0.2) is 5.75 Å². The Labute approximate surface area is 355 Å². The Kier molecular flexibility index (Phi) is 12.2. The van der Waals surface area contributed by atoms with Crippen molar-refractivity contribution in [1.82, 2.24) is 29.9 Å². The maximum atomic E-state index is 13.8. The summed E-state index contributed by atoms with van der Waals surface area (Å²) in [5.41, 5.74) is 6.25. The van der Waals surface area contributed by atoms with Crippen molar-refractivity contribution in [2.24, 2.45) is 5.41 Å². The summed E-state index contributed by atoms with van der Waals surface area (Å²) in [5.74, 6) is 0.0964. The van der Waals surface area contributed by atoms with Crippen LogP contribution in [-0.4, -0.2) is 79.0 Å². The number of amides is 1. The van der Waals surface area contributed by atoms with Gasteiger partial charge in [-0.15, -0.1) is 0 Å². The summed E-state index contributed by atoms with van der Waals surface area (Å²) in [6.07, 6.45) is 10.4. The van der Waals surface area contributed by atoms with Gasteiger partial charge in [0.25, 0.3) is 15.9 Å². The van der Waals surface area contributed by atoms with Crippen molar-refractivity contribution < 1.29 is 17.9 Å². The number of hydrogen-bond donors (Lipinski definition) is 5. The third-order valence-electron chi connectivity index (χ3n) is 11.5. The molecule has 3 aromatic carbocycles. The van der Waals surface area contributed by atoms with E-state index in [9.17, 15) is 13.2 Å². The number of pyridine rings is 1. The van der Waals surface area contributed by atoms with Gasteiger partial charge in [0.1, 0.15) is 22.0 Å². The van der Waals surface area contributed by atoms with Crippen molar-refractivity contribution in [3.05, 3.63) is 106 Å². The lowest BCUT2D eigenvalue weighted by molar-refractivity contribution is 0.0979. The molecular weight excluding hydrogens is 808 g/mol. The Hall–Kier alpha value is -4.66. The highest BCUT2D eigenvalue weighted by Gasteiger charge is 2.32. The summed E-state index contributed by atoms with van der Waals surface area (Å²) in [5, 5.41) is 11.3. The Morgan fingerprint density at radius 3 is 2.53 bits per heavy atom. The molecule has 1 amide bonds. The van der Waals surface area contributed by atoms with Crippen LogP contribution in [-0.2, 0) is 10.0 Å². The van der Waals surface area contributed by atoms with Gasteiger partial charge in [0, 0.05) is 67.8 Å². The normalized spacial score (nSPS) is 17.6. The predicted octanol–water partition coefficient (Wildman–Crippen LogP) is 8.88. The highest BCUT2D eigenvalue weighted by molar-refractivity contribution is 7.90. The van der Waals surface area contributed by atoms with Crippen molar-refractivity contribution in [2.75, 3.05) is 43.4 Å². The first kappa shape index (κ1) is 41.1. The van der Waals surface area contributed by atoms with Crippen LogP contribution in [0.4, 0.5) is 11.5 Å². The average Bonchev–Trinajstić information content (AvgIpc) is 3.95. The second-order valence-corrected chi connectivity index (χ2v) is 19.0. The topological polar surface area (TPSA) is 153 Å². The summed E-state index contributed by atoms with van der Waals surface area (Å²) < 4.78 is 35.7. The van der Waals surface area contributed by atoms with Crippen molar-refractivity contribution in [3.8, 4) is 11.5 Å². The number of piperidine rings is 1. The number of hydrogen-bond acceptors (Lipinski definition) is 10. The summed E-state index contributed by atoms with van der Waals surface area (Å²) >= 11 is 12.8. The van der Waals surface area contributed by atoms with Crippen molar-refractivity contribution >= 4 is 67.2 Å². The molecule has 0 bridgehead atoms. The quantitative estimate of drug-likeness (QED) is 0.0646. The fourth-order valence-electron chi connectivity index (χ4n) is 8.01. The number of anilines is 2. The Morgan fingerprint density at radius 1 is 0.966 bits per heavy atom. The lowest BCUT2D eigenvalue weighted by Gasteiger charge is -2.34. The van der Waals surface area contributed by atoms with E-state index in [2.05, 4.69) is 66.5 Å². The van der Waals surface area contributed by atoms with E-state index in [0.717, 1.165) is 68.3 Å². The first-order valence-electron chi connectivity index (χ1n) is 20.3. The lowest BCUT2D eigenvalue weighted by Crippen LogP contribution is -2.40. The number of allylic oxidation sites excluding steroid dienone is 1. The van der Waals surface area contributed by atoms with E-state index in [0.29, 0.717) is 35.9 Å². The number of H-pyrrole nitrogens is 1. The van der Waals surface area contributed by atoms with Crippen LogP contribution in [0.3, 0.4) is 0 Å². The summed E-state index contributed by atoms with van der Waals surface area (Å²) in [6, 6.07) is 20.7. The number of nitrogens with zero attached hydrogens (tertiary/aromatic N) is 3. The Bertz CT molecular complexity index is 2460. The minimum absolute atomic E-state index is 0.0153. The van der Waals surface area contributed by atoms with Crippen LogP contribution in [0.5, 0.6) is 11.5 Å². The van der Waals surface area contributed by atoms with E-state index < -0.39 is 15.9 Å². The van der Waals surface area contributed by atoms with E-state index in [1.165, 1.54) is 41.8 Å². The second-order valence-electron chi connectivity index (χ2n) is 16.5. The second kappa shape index (κ2) is 17.5. The van der Waals surface area contributed by atoms with Crippen molar-refractivity contribution in [1.29, 1.82) is 0 Å². The largest absolute Gasteiger partial charge is 0.454 e. The number of fused-ring (bicyclic) bond motifs is 1. The van der Waals surface area contributed by atoms with Crippen LogP contribution < -0.4 is 25.4 Å². The van der Waals surface area contributed by atoms with Crippen LogP contribution in [0.1, 0.15) is 74.7 Å². The maximum Gasteiger partial charge on any atom is 0.268 e. The minimum Gasteiger partial charge on any atom is -0.454 e. The van der Waals surface area contributed by atoms with E-state index in [4.69, 9.17) is 27.9 Å². The molecule has 5 N–H and O–H groups in total. The van der Waals surface area contributed by atoms with Crippen molar-refractivity contribution in [3.63, 3.8) is 0 Å². The van der Waals surface area contributed by atoms with Gasteiger partial charge in [-0.05, 0) is 104 Å². The van der Waals surface area contributed by atoms with E-state index in [-0.39, 0.29) is 32.7 Å². The molecule has 1 aliphatic heterocycles. The third-order valence-corrected chi connectivity index (χ3v) is 13.3. The maximum absolute atomic E-state index is 13.8. The molecule has 1 saturated heterocycles. The van der Waals surface area contributed by atoms with Gasteiger partial charge >= 0.3 is 0 Å². The van der Waals surface area contributed by atoms with E-state index in [1.807, 2.05) is 18.2 Å². The highest BCUT2D eigenvalue weighted by atomic mass is 35.5. The van der Waals surface area contributed by atoms with Gasteiger partial charge < -0.3 is 30.6 Å².